The van der Waals surface area contributed by atoms with E-state index in [1.807, 2.05) is 70.5 Å². The van der Waals surface area contributed by atoms with Gasteiger partial charge in [0.2, 0.25) is 17.7 Å². The standard InChI is InChI=1S/C52H65ClN8O7S/c1-30(33-10-12-34(13-11-33)43-31(2)56-29-69-43)57-46(65)40-22-37(62)26-61(40)47(66)44(50(3,4)5)58-42(63)28-67-27-32-18-20-60(21-19-32)41-17-15-36(25-55-41)45(64)59-48-51(6,7)49(52(48,8)9)68-38-16-14-35(24-54)39(53)23-38/h10-17,23,25,29-30,32,37,40,44,48-49,62H,18-22,26-28H2,1-9H3,(H,57,65)(H,58,63)(H,59,64)/t30-,37+,40-,44+,48?,49?/m0/s1. The molecular formula is C52H65ClN8O7S. The molecule has 69 heavy (non-hydrogen) atoms. The topological polar surface area (TPSA) is 199 Å². The molecule has 0 bridgehead atoms. The Balaban J connectivity index is 0.850. The third-order valence-electron chi connectivity index (χ3n) is 14.0. The predicted octanol–water partition coefficient (Wildman–Crippen LogP) is 7.25. The van der Waals surface area contributed by atoms with Crippen molar-refractivity contribution < 1.29 is 33.8 Å². The second kappa shape index (κ2) is 20.8. The molecule has 368 valence electrons. The molecule has 17 heteroatoms. The van der Waals surface area contributed by atoms with E-state index in [9.17, 15) is 29.5 Å². The van der Waals surface area contributed by atoms with Crippen LogP contribution in [-0.2, 0) is 19.1 Å². The van der Waals surface area contributed by atoms with Crippen molar-refractivity contribution in [2.75, 3.05) is 37.7 Å². The van der Waals surface area contributed by atoms with Gasteiger partial charge in [-0.25, -0.2) is 9.97 Å². The molecule has 7 rings (SSSR count). The molecule has 1 aliphatic carbocycles. The summed E-state index contributed by atoms with van der Waals surface area (Å²) in [7, 11) is 0. The number of aliphatic hydroxyl groups excluding tert-OH is 1. The highest BCUT2D eigenvalue weighted by molar-refractivity contribution is 7.13. The van der Waals surface area contributed by atoms with Gasteiger partial charge in [0.1, 0.15) is 42.4 Å². The maximum Gasteiger partial charge on any atom is 0.253 e. The Kier molecular flexibility index (Phi) is 15.4. The van der Waals surface area contributed by atoms with Crippen molar-refractivity contribution in [2.45, 2.75) is 118 Å². The number of aliphatic hydroxyl groups is 1. The first-order valence-electron chi connectivity index (χ1n) is 23.6. The summed E-state index contributed by atoms with van der Waals surface area (Å²) in [6.07, 6.45) is 2.22. The number of nitrogens with one attached hydrogen (secondary N) is 3. The number of halogens is 1. The zero-order valence-corrected chi connectivity index (χ0v) is 42.5. The smallest absolute Gasteiger partial charge is 0.253 e. The van der Waals surface area contributed by atoms with E-state index in [-0.39, 0.29) is 55.5 Å². The number of hydrogen-bond acceptors (Lipinski definition) is 12. The molecule has 2 aromatic carbocycles. The summed E-state index contributed by atoms with van der Waals surface area (Å²) in [4.78, 5) is 68.3. The number of piperidine rings is 1. The fourth-order valence-electron chi connectivity index (χ4n) is 10.4. The highest BCUT2D eigenvalue weighted by Gasteiger charge is 2.64. The number of pyridine rings is 1. The molecule has 2 aromatic heterocycles. The minimum Gasteiger partial charge on any atom is -0.489 e. The van der Waals surface area contributed by atoms with Gasteiger partial charge >= 0.3 is 0 Å². The molecule has 1 saturated carbocycles. The van der Waals surface area contributed by atoms with Gasteiger partial charge in [-0.3, -0.25) is 19.2 Å². The molecule has 2 aliphatic heterocycles. The first kappa shape index (κ1) is 51.3. The summed E-state index contributed by atoms with van der Waals surface area (Å²) in [5, 5.41) is 29.4. The number of anilines is 1. The number of nitriles is 1. The molecular weight excluding hydrogens is 916 g/mol. The number of hydrogen-bond donors (Lipinski definition) is 4. The maximum atomic E-state index is 14.2. The number of amides is 4. The average Bonchev–Trinajstić information content (AvgIpc) is 3.93. The van der Waals surface area contributed by atoms with Crippen LogP contribution in [0.5, 0.6) is 5.75 Å². The van der Waals surface area contributed by atoms with E-state index in [1.54, 1.807) is 41.8 Å². The van der Waals surface area contributed by atoms with Crippen LogP contribution in [0, 0.1) is 40.4 Å². The summed E-state index contributed by atoms with van der Waals surface area (Å²) in [5.74, 6) is 0.0974. The van der Waals surface area contributed by atoms with Crippen LogP contribution < -0.4 is 25.6 Å². The number of ether oxygens (including phenoxy) is 2. The van der Waals surface area contributed by atoms with Crippen molar-refractivity contribution >= 4 is 52.4 Å². The molecule has 4 aromatic rings. The van der Waals surface area contributed by atoms with E-state index in [0.717, 1.165) is 53.4 Å². The molecule has 4 atom stereocenters. The number of rotatable bonds is 15. The minimum absolute atomic E-state index is 0.0185. The summed E-state index contributed by atoms with van der Waals surface area (Å²) >= 11 is 7.83. The third kappa shape index (κ3) is 11.4. The van der Waals surface area contributed by atoms with Crippen LogP contribution in [0.25, 0.3) is 10.4 Å². The van der Waals surface area contributed by atoms with Gasteiger partial charge in [0, 0.05) is 55.2 Å². The van der Waals surface area contributed by atoms with E-state index in [4.69, 9.17) is 21.1 Å². The lowest BCUT2D eigenvalue weighted by Gasteiger charge is -2.63. The molecule has 4 heterocycles. The van der Waals surface area contributed by atoms with Gasteiger partial charge in [0.25, 0.3) is 5.91 Å². The fraction of sp³-hybridized carbons (Fsp3) is 0.519. The largest absolute Gasteiger partial charge is 0.489 e. The number of aryl methyl sites for hydroxylation is 1. The summed E-state index contributed by atoms with van der Waals surface area (Å²) in [5.41, 5.74) is 4.05. The average molecular weight is 982 g/mol. The Morgan fingerprint density at radius 3 is 2.29 bits per heavy atom. The molecule has 3 fully saturated rings. The van der Waals surface area contributed by atoms with Crippen LogP contribution in [0.15, 0.2) is 66.3 Å². The quantitative estimate of drug-likeness (QED) is 0.0936. The van der Waals surface area contributed by atoms with Crippen molar-refractivity contribution in [3.05, 3.63) is 93.7 Å². The highest BCUT2D eigenvalue weighted by atomic mass is 35.5. The molecule has 15 nitrogen and oxygen atoms in total. The molecule has 4 N–H and O–H groups in total. The van der Waals surface area contributed by atoms with Crippen LogP contribution in [0.3, 0.4) is 0 Å². The van der Waals surface area contributed by atoms with Gasteiger partial charge in [-0.05, 0) is 73.4 Å². The Morgan fingerprint density at radius 1 is 1.00 bits per heavy atom. The summed E-state index contributed by atoms with van der Waals surface area (Å²) in [6, 6.07) is 16.3. The Labute approximate surface area is 414 Å². The Bertz CT molecular complexity index is 2530. The Morgan fingerprint density at radius 2 is 1.70 bits per heavy atom. The van der Waals surface area contributed by atoms with Crippen molar-refractivity contribution in [2.24, 2.45) is 22.2 Å². The number of likely N-dealkylation sites (tertiary alicyclic amines) is 1. The van der Waals surface area contributed by atoms with Crippen molar-refractivity contribution in [3.8, 4) is 22.3 Å². The lowest BCUT2D eigenvalue weighted by atomic mass is 9.49. The second-order valence-corrected chi connectivity index (χ2v) is 22.3. The summed E-state index contributed by atoms with van der Waals surface area (Å²) < 4.78 is 12.3. The first-order chi connectivity index (χ1) is 32.6. The molecule has 0 radical (unpaired) electrons. The molecule has 0 unspecified atom stereocenters. The Hall–Kier alpha value is -5.60. The van der Waals surface area contributed by atoms with Gasteiger partial charge in [-0.2, -0.15) is 5.26 Å². The lowest BCUT2D eigenvalue weighted by molar-refractivity contribution is -0.164. The van der Waals surface area contributed by atoms with Crippen molar-refractivity contribution in [3.63, 3.8) is 0 Å². The fourth-order valence-corrected chi connectivity index (χ4v) is 11.4. The molecule has 2 saturated heterocycles. The van der Waals surface area contributed by atoms with Gasteiger partial charge in [0.05, 0.1) is 51.0 Å². The van der Waals surface area contributed by atoms with Crippen LogP contribution in [0.4, 0.5) is 5.82 Å². The monoisotopic (exact) mass is 980 g/mol. The van der Waals surface area contributed by atoms with E-state index in [1.165, 1.54) is 4.90 Å². The summed E-state index contributed by atoms with van der Waals surface area (Å²) in [6.45, 7) is 19.2. The maximum absolute atomic E-state index is 14.2. The van der Waals surface area contributed by atoms with Crippen molar-refractivity contribution in [1.82, 2.24) is 30.8 Å². The number of carbonyl (C=O) groups is 4. The number of aromatic nitrogens is 2. The number of nitrogens with zero attached hydrogens (tertiary/aromatic N) is 5. The van der Waals surface area contributed by atoms with Gasteiger partial charge in [0.15, 0.2) is 0 Å². The second-order valence-electron chi connectivity index (χ2n) is 21.0. The van der Waals surface area contributed by atoms with Gasteiger partial charge in [-0.15, -0.1) is 11.3 Å². The molecule has 0 spiro atoms. The first-order valence-corrected chi connectivity index (χ1v) is 24.9. The van der Waals surface area contributed by atoms with Gasteiger partial charge < -0.3 is 40.3 Å². The molecule has 4 amide bonds. The van der Waals surface area contributed by atoms with Crippen LogP contribution in [-0.4, -0.2) is 107 Å². The molecule has 3 aliphatic rings. The normalized spacial score (nSPS) is 21.9. The van der Waals surface area contributed by atoms with E-state index < -0.39 is 46.2 Å². The zero-order chi connectivity index (χ0) is 50.0. The number of thiazole rings is 1. The SMILES string of the molecule is Cc1ncsc1-c1ccc([C@H](C)NC(=O)[C@@H]2C[C@@H](O)CN2C(=O)[C@@H](NC(=O)COCC2CCN(c3ccc(C(=O)NC4C(C)(C)C(Oc5ccc(C#N)c(Cl)c5)C4(C)C)cn3)CC2)C(C)(C)C)cc1. The van der Waals surface area contributed by atoms with Crippen LogP contribution >= 0.6 is 22.9 Å². The lowest BCUT2D eigenvalue weighted by Crippen LogP contribution is -2.74. The zero-order valence-electron chi connectivity index (χ0n) is 41.0. The number of carbonyl (C=O) groups excluding carboxylic acids is 4. The van der Waals surface area contributed by atoms with Gasteiger partial charge in [-0.1, -0.05) is 84.3 Å². The number of β-amino-alcohol motifs (C(OH)–C–C–N with tert-alkyl or cyclic N) is 1. The highest BCUT2D eigenvalue weighted by Crippen LogP contribution is 2.55. The van der Waals surface area contributed by atoms with Crippen LogP contribution in [0.2, 0.25) is 5.02 Å². The van der Waals surface area contributed by atoms with E-state index in [2.05, 4.69) is 64.6 Å². The van der Waals surface area contributed by atoms with Crippen molar-refractivity contribution in [1.29, 1.82) is 5.26 Å². The predicted molar refractivity (Wildman–Crippen MR) is 266 cm³/mol. The minimum atomic E-state index is -0.965. The third-order valence-corrected chi connectivity index (χ3v) is 15.3. The number of benzene rings is 2. The van der Waals surface area contributed by atoms with E-state index in [0.29, 0.717) is 28.5 Å². The van der Waals surface area contributed by atoms with E-state index >= 15 is 0 Å². The van der Waals surface area contributed by atoms with Crippen LogP contribution in [0.1, 0.15) is 108 Å².